The van der Waals surface area contributed by atoms with Gasteiger partial charge in [-0.2, -0.15) is 10.2 Å². The maximum atomic E-state index is 14.4. The fourth-order valence-corrected chi connectivity index (χ4v) is 6.15. The predicted molar refractivity (Wildman–Crippen MR) is 185 cm³/mol. The maximum absolute atomic E-state index is 14.4. The molecular weight excluding hydrogens is 824 g/mol. The minimum absolute atomic E-state index is 0.0344. The van der Waals surface area contributed by atoms with Crippen molar-refractivity contribution in [1.82, 2.24) is 28.7 Å². The number of hydrogen-bond donors (Lipinski definition) is 0. The van der Waals surface area contributed by atoms with E-state index in [4.69, 9.17) is 23.2 Å². The van der Waals surface area contributed by atoms with Gasteiger partial charge in [-0.1, -0.05) is 23.2 Å². The number of halogens is 9. The largest absolute Gasteiger partial charge is 0.306 e. The lowest BCUT2D eigenvalue weighted by molar-refractivity contribution is 0.543. The quantitative estimate of drug-likeness (QED) is 0.125. The zero-order valence-electron chi connectivity index (χ0n) is 26.1. The highest BCUT2D eigenvalue weighted by atomic mass is 127. The van der Waals surface area contributed by atoms with E-state index in [2.05, 4.69) is 10.2 Å². The Kier molecular flexibility index (Phi) is 11.0. The normalized spacial score (nSPS) is 11.1. The summed E-state index contributed by atoms with van der Waals surface area (Å²) in [4.78, 5) is 24.9. The summed E-state index contributed by atoms with van der Waals surface area (Å²) in [6.45, 7) is 5.24. The molecule has 0 aliphatic rings. The van der Waals surface area contributed by atoms with Gasteiger partial charge in [0.25, 0.3) is 11.1 Å². The molecule has 0 saturated heterocycles. The summed E-state index contributed by atoms with van der Waals surface area (Å²) in [5.74, 6) is -6.53. The van der Waals surface area contributed by atoms with Crippen LogP contribution in [0.25, 0.3) is 33.9 Å². The van der Waals surface area contributed by atoms with Crippen molar-refractivity contribution in [3.05, 3.63) is 136 Å². The van der Waals surface area contributed by atoms with E-state index < -0.39 is 57.1 Å². The van der Waals surface area contributed by atoms with E-state index in [0.29, 0.717) is 43.4 Å². The fourth-order valence-electron chi connectivity index (χ4n) is 5.29. The van der Waals surface area contributed by atoms with Crippen LogP contribution in [0.4, 0.5) is 26.3 Å². The van der Waals surface area contributed by atoms with Gasteiger partial charge in [0.2, 0.25) is 0 Å². The lowest BCUT2D eigenvalue weighted by Gasteiger charge is -2.18. The molecule has 0 saturated carbocycles. The lowest BCUT2D eigenvalue weighted by Crippen LogP contribution is -2.26. The van der Waals surface area contributed by atoms with E-state index in [9.17, 15) is 35.9 Å². The molecule has 0 unspecified atom stereocenters. The molecule has 17 heteroatoms. The van der Waals surface area contributed by atoms with Gasteiger partial charge >= 0.3 is 0 Å². The van der Waals surface area contributed by atoms with Crippen LogP contribution in [-0.4, -0.2) is 28.7 Å². The summed E-state index contributed by atoms with van der Waals surface area (Å²) < 4.78 is 89.6. The highest BCUT2D eigenvalue weighted by Gasteiger charge is 2.25. The number of nitrogens with zero attached hydrogens (tertiary/aromatic N) is 6. The predicted octanol–water partition coefficient (Wildman–Crippen LogP) is 8.50. The molecule has 260 valence electrons. The number of pyridine rings is 2. The third-order valence-electron chi connectivity index (χ3n) is 7.39. The Morgan fingerprint density at radius 2 is 1.02 bits per heavy atom. The molecule has 4 aromatic heterocycles. The number of aryl methyl sites for hydroxylation is 1. The topological polar surface area (TPSA) is 79.6 Å². The van der Waals surface area contributed by atoms with Crippen molar-refractivity contribution in [2.24, 2.45) is 0 Å². The zero-order valence-corrected chi connectivity index (χ0v) is 29.8. The zero-order chi connectivity index (χ0) is 36.6. The van der Waals surface area contributed by atoms with Crippen LogP contribution in [0.15, 0.2) is 70.8 Å². The Morgan fingerprint density at radius 1 is 0.640 bits per heavy atom. The van der Waals surface area contributed by atoms with Gasteiger partial charge in [-0.3, -0.25) is 9.59 Å². The molecule has 0 aliphatic carbocycles. The molecule has 0 aliphatic heterocycles. The molecule has 0 radical (unpaired) electrons. The Bertz CT molecular complexity index is 2180. The van der Waals surface area contributed by atoms with Crippen molar-refractivity contribution < 1.29 is 26.3 Å². The van der Waals surface area contributed by atoms with E-state index >= 15 is 0 Å². The second kappa shape index (κ2) is 14.9. The molecule has 0 spiro atoms. The molecule has 6 rings (SSSR count). The molecule has 2 aromatic carbocycles. The van der Waals surface area contributed by atoms with Gasteiger partial charge in [-0.25, -0.2) is 35.7 Å². The smallest absolute Gasteiger partial charge is 0.264 e. The first-order valence-electron chi connectivity index (χ1n) is 14.5. The van der Waals surface area contributed by atoms with Crippen LogP contribution in [0.3, 0.4) is 0 Å². The van der Waals surface area contributed by atoms with Crippen molar-refractivity contribution in [2.45, 2.75) is 33.9 Å². The van der Waals surface area contributed by atoms with Gasteiger partial charge in [0.1, 0.15) is 34.9 Å². The second-order valence-corrected chi connectivity index (χ2v) is 12.6. The van der Waals surface area contributed by atoms with E-state index in [-0.39, 0.29) is 35.9 Å². The average Bonchev–Trinajstić information content (AvgIpc) is 3.68. The molecule has 0 fully saturated rings. The van der Waals surface area contributed by atoms with Crippen LogP contribution in [-0.2, 0) is 13.1 Å². The Balaban J connectivity index is 0.000000194. The monoisotopic (exact) mass is 846 g/mol. The molecular formula is C33H23Cl2F6IN6O2. The van der Waals surface area contributed by atoms with Crippen molar-refractivity contribution in [3.63, 3.8) is 0 Å². The van der Waals surface area contributed by atoms with Crippen molar-refractivity contribution in [1.29, 1.82) is 0 Å². The Labute approximate surface area is 303 Å². The Morgan fingerprint density at radius 3 is 1.38 bits per heavy atom. The van der Waals surface area contributed by atoms with Crippen molar-refractivity contribution in [2.75, 3.05) is 0 Å². The number of aromatic nitrogens is 6. The fraction of sp³-hybridized carbons (Fsp3) is 0.152. The first-order chi connectivity index (χ1) is 23.7. The van der Waals surface area contributed by atoms with Gasteiger partial charge < -0.3 is 9.13 Å². The molecule has 4 heterocycles. The van der Waals surface area contributed by atoms with Crippen LogP contribution in [0.1, 0.15) is 19.4 Å². The number of hydrogen-bond acceptors (Lipinski definition) is 4. The van der Waals surface area contributed by atoms with Gasteiger partial charge in [-0.15, -0.1) is 0 Å². The highest BCUT2D eigenvalue weighted by molar-refractivity contribution is 14.1. The summed E-state index contributed by atoms with van der Waals surface area (Å²) in [6, 6.07) is 5.21. The SMILES string of the molecule is CCn1c(-c2c(F)cc(F)cc2F)c(-n2cc(Cl)cn2)cc(C)c1=O.CCn1c(-c2c(F)cc(F)cc2F)c(-n2cc(Cl)cn2)cc(I)c1=O. The minimum Gasteiger partial charge on any atom is -0.306 e. The molecule has 0 N–H and O–H groups in total. The van der Waals surface area contributed by atoms with E-state index in [0.717, 1.165) is 0 Å². The summed E-state index contributed by atoms with van der Waals surface area (Å²) in [5, 5.41) is 8.72. The van der Waals surface area contributed by atoms with Crippen LogP contribution in [0, 0.1) is 45.4 Å². The minimum atomic E-state index is -1.11. The standard InChI is InChI=1S/C17H13ClF3N3O.C16H10ClF3IN3O/c1-3-23-16(15-12(20)5-11(19)6-13(15)21)14(4-9(2)17(23)25)24-8-10(18)7-22-24;1-2-23-15(14-10(19)3-9(18)4-11(14)20)13(5-12(21)16(23)25)24-7-8(17)6-22-24/h4-8H,3H2,1-2H3;3-7H,2H2,1H3. The van der Waals surface area contributed by atoms with Crippen LogP contribution in [0.5, 0.6) is 0 Å². The highest BCUT2D eigenvalue weighted by Crippen LogP contribution is 2.34. The van der Waals surface area contributed by atoms with Crippen LogP contribution >= 0.6 is 45.8 Å². The number of rotatable bonds is 6. The van der Waals surface area contributed by atoms with Gasteiger partial charge in [-0.05, 0) is 55.5 Å². The third kappa shape index (κ3) is 7.11. The Hall–Kier alpha value is -4.35. The molecule has 8 nitrogen and oxygen atoms in total. The molecule has 0 atom stereocenters. The molecule has 50 heavy (non-hydrogen) atoms. The molecule has 0 bridgehead atoms. The first-order valence-corrected chi connectivity index (χ1v) is 16.4. The summed E-state index contributed by atoms with van der Waals surface area (Å²) in [7, 11) is 0. The van der Waals surface area contributed by atoms with Gasteiger partial charge in [0.05, 0.1) is 59.9 Å². The maximum Gasteiger partial charge on any atom is 0.264 e. The number of benzene rings is 2. The van der Waals surface area contributed by atoms with Gasteiger partial charge in [0.15, 0.2) is 0 Å². The summed E-state index contributed by atoms with van der Waals surface area (Å²) >= 11 is 13.6. The van der Waals surface area contributed by atoms with E-state index in [1.54, 1.807) is 20.8 Å². The first kappa shape index (κ1) is 36.9. The average molecular weight is 847 g/mol. The lowest BCUT2D eigenvalue weighted by atomic mass is 10.1. The van der Waals surface area contributed by atoms with Crippen LogP contribution < -0.4 is 11.1 Å². The van der Waals surface area contributed by atoms with E-state index in [1.165, 1.54) is 55.4 Å². The third-order valence-corrected chi connectivity index (χ3v) is 8.55. The van der Waals surface area contributed by atoms with Crippen LogP contribution in [0.2, 0.25) is 10.0 Å². The summed E-state index contributed by atoms with van der Waals surface area (Å²) in [5.41, 5.74) is -1.01. The van der Waals surface area contributed by atoms with Crippen molar-refractivity contribution in [3.8, 4) is 33.9 Å². The molecule has 6 aromatic rings. The molecule has 0 amide bonds. The van der Waals surface area contributed by atoms with Gasteiger partial charge in [0, 0.05) is 55.3 Å². The second-order valence-electron chi connectivity index (χ2n) is 10.6. The summed E-state index contributed by atoms with van der Waals surface area (Å²) in [6.07, 6.45) is 5.61. The van der Waals surface area contributed by atoms with E-state index in [1.807, 2.05) is 22.6 Å². The van der Waals surface area contributed by atoms with Crippen molar-refractivity contribution >= 4 is 45.8 Å².